The van der Waals surface area contributed by atoms with Crippen molar-refractivity contribution in [2.45, 2.75) is 56.2 Å². The molecule has 3 fully saturated rings. The maximum atomic E-state index is 16.1. The predicted octanol–water partition coefficient (Wildman–Crippen LogP) is 4.37. The summed E-state index contributed by atoms with van der Waals surface area (Å²) in [6.07, 6.45) is 4.98. The number of halogens is 2. The first kappa shape index (κ1) is 33.8. The van der Waals surface area contributed by atoms with Gasteiger partial charge in [-0.1, -0.05) is 30.3 Å². The van der Waals surface area contributed by atoms with E-state index in [2.05, 4.69) is 10.1 Å². The lowest BCUT2D eigenvalue weighted by Crippen LogP contribution is -2.41. The molecule has 9 rings (SSSR count). The molecule has 3 aromatic carbocycles. The van der Waals surface area contributed by atoms with Gasteiger partial charge in [0.1, 0.15) is 55.4 Å². The summed E-state index contributed by atoms with van der Waals surface area (Å²) in [6.45, 7) is 0.175. The van der Waals surface area contributed by atoms with Crippen LogP contribution in [0.5, 0.6) is 11.5 Å². The highest BCUT2D eigenvalue weighted by atomic mass is 19.1. The van der Waals surface area contributed by atoms with Crippen LogP contribution in [0.15, 0.2) is 78.2 Å². The van der Waals surface area contributed by atoms with E-state index in [1.807, 2.05) is 18.2 Å². The monoisotopic (exact) mass is 740 g/mol. The summed E-state index contributed by atoms with van der Waals surface area (Å²) in [4.78, 5) is 46.3. The molecule has 3 atom stereocenters. The minimum atomic E-state index is -1.52. The number of aliphatic hydroxyl groups is 1. The smallest absolute Gasteiger partial charge is 0.414 e. The quantitative estimate of drug-likeness (QED) is 0.204. The van der Waals surface area contributed by atoms with Crippen molar-refractivity contribution in [1.82, 2.24) is 19.3 Å². The van der Waals surface area contributed by atoms with E-state index < -0.39 is 46.9 Å². The van der Waals surface area contributed by atoms with Crippen LogP contribution in [-0.4, -0.2) is 80.6 Å². The maximum absolute atomic E-state index is 16.1. The van der Waals surface area contributed by atoms with Crippen LogP contribution < -0.4 is 24.7 Å². The third-order valence-corrected chi connectivity index (χ3v) is 10.3. The molecule has 14 nitrogen and oxygen atoms in total. The second-order valence-corrected chi connectivity index (χ2v) is 14.2. The van der Waals surface area contributed by atoms with Gasteiger partial charge in [-0.25, -0.2) is 28.0 Å². The number of amides is 1. The number of hydrogen-bond acceptors (Lipinski definition) is 11. The van der Waals surface area contributed by atoms with E-state index in [0.29, 0.717) is 12.1 Å². The standard InChI is InChI=1S/C38H34F2N6O8/c39-29-10-24(45-14-26(54-37(45)49)13-43-21-41-20-42-43)8-9-31(29)53-19-38(50)12-25-17-51-35-32-27(11-30(40)33(35)46(25)18-38)34(47)28(15-44(32)23-6-7-23)36(48)52-16-22-4-2-1-3-5-22/h1-5,8-11,15,20-21,23,25-26,50H,6-7,12-14,16-19H2/t25-,26-,38-/m0/s1. The van der Waals surface area contributed by atoms with Crippen LogP contribution in [0.2, 0.25) is 0 Å². The molecule has 54 heavy (non-hydrogen) atoms. The fourth-order valence-corrected chi connectivity index (χ4v) is 7.54. The van der Waals surface area contributed by atoms with E-state index in [1.54, 1.807) is 21.6 Å². The summed E-state index contributed by atoms with van der Waals surface area (Å²) in [6, 6.07) is 13.8. The lowest BCUT2D eigenvalue weighted by Gasteiger charge is -2.34. The molecule has 5 aromatic rings. The third-order valence-electron chi connectivity index (χ3n) is 10.3. The molecule has 1 saturated carbocycles. The third kappa shape index (κ3) is 6.15. The summed E-state index contributed by atoms with van der Waals surface area (Å²) >= 11 is 0. The maximum Gasteiger partial charge on any atom is 0.414 e. The predicted molar refractivity (Wildman–Crippen MR) is 188 cm³/mol. The lowest BCUT2D eigenvalue weighted by atomic mass is 10.0. The van der Waals surface area contributed by atoms with Crippen LogP contribution >= 0.6 is 0 Å². The topological polar surface area (TPSA) is 150 Å². The summed E-state index contributed by atoms with van der Waals surface area (Å²) < 4.78 is 57.6. The number of pyridine rings is 1. The minimum Gasteiger partial charge on any atom is -0.487 e. The molecule has 0 spiro atoms. The number of benzene rings is 3. The van der Waals surface area contributed by atoms with Crippen molar-refractivity contribution in [3.8, 4) is 11.5 Å². The molecule has 3 aliphatic heterocycles. The normalized spacial score (nSPS) is 21.8. The Hall–Kier alpha value is -6.03. The van der Waals surface area contributed by atoms with Gasteiger partial charge >= 0.3 is 12.1 Å². The van der Waals surface area contributed by atoms with Gasteiger partial charge in [-0.2, -0.15) is 5.10 Å². The summed E-state index contributed by atoms with van der Waals surface area (Å²) in [5.41, 5.74) is -0.871. The first-order valence-electron chi connectivity index (χ1n) is 17.6. The molecule has 0 bridgehead atoms. The number of aromatic nitrogens is 4. The van der Waals surface area contributed by atoms with E-state index in [9.17, 15) is 19.5 Å². The number of hydrogen-bond donors (Lipinski definition) is 1. The molecule has 278 valence electrons. The van der Waals surface area contributed by atoms with E-state index >= 15 is 8.78 Å². The van der Waals surface area contributed by atoms with E-state index in [-0.39, 0.29) is 79.2 Å². The molecule has 1 amide bonds. The Morgan fingerprint density at radius 2 is 1.89 bits per heavy atom. The molecular formula is C38H34F2N6O8. The Kier molecular flexibility index (Phi) is 8.21. The van der Waals surface area contributed by atoms with Gasteiger partial charge < -0.3 is 33.5 Å². The number of anilines is 2. The molecule has 16 heteroatoms. The van der Waals surface area contributed by atoms with Crippen LogP contribution in [0.25, 0.3) is 10.9 Å². The largest absolute Gasteiger partial charge is 0.487 e. The summed E-state index contributed by atoms with van der Waals surface area (Å²) in [5, 5.41) is 15.7. The van der Waals surface area contributed by atoms with Gasteiger partial charge in [0.2, 0.25) is 5.43 Å². The Bertz CT molecular complexity index is 2340. The van der Waals surface area contributed by atoms with Crippen molar-refractivity contribution in [3.63, 3.8) is 0 Å². The Balaban J connectivity index is 0.926. The van der Waals surface area contributed by atoms with E-state index in [1.165, 1.54) is 40.6 Å². The molecule has 4 aliphatic rings. The van der Waals surface area contributed by atoms with Crippen LogP contribution in [0.3, 0.4) is 0 Å². The molecule has 2 aromatic heterocycles. The highest BCUT2D eigenvalue weighted by molar-refractivity contribution is 5.98. The number of esters is 1. The molecule has 0 radical (unpaired) electrons. The molecule has 5 heterocycles. The number of fused-ring (bicyclic) bond motifs is 5. The molecule has 1 N–H and O–H groups in total. The zero-order chi connectivity index (χ0) is 37.1. The highest BCUT2D eigenvalue weighted by Gasteiger charge is 2.48. The molecule has 2 saturated heterocycles. The Morgan fingerprint density at radius 1 is 1.06 bits per heavy atom. The van der Waals surface area contributed by atoms with Gasteiger partial charge in [-0.05, 0) is 36.6 Å². The van der Waals surface area contributed by atoms with Crippen LogP contribution in [-0.2, 0) is 22.6 Å². The van der Waals surface area contributed by atoms with Crippen molar-refractivity contribution in [1.29, 1.82) is 0 Å². The number of ether oxygens (including phenoxy) is 4. The number of carbonyl (C=O) groups is 2. The van der Waals surface area contributed by atoms with Crippen molar-refractivity contribution >= 4 is 34.3 Å². The Labute approximate surface area is 306 Å². The SMILES string of the molecule is O=C(OCc1ccccc1)c1cn(C2CC2)c2c3c(c(F)cc2c1=O)N1C[C@](O)(COc2ccc(N4C[C@H](Cn5cncn5)OC4=O)cc2F)C[C@H]1CO3. The number of cyclic esters (lactones) is 1. The zero-order valence-electron chi connectivity index (χ0n) is 28.8. The first-order chi connectivity index (χ1) is 26.1. The minimum absolute atomic E-state index is 0.00426. The van der Waals surface area contributed by atoms with Gasteiger partial charge in [-0.3, -0.25) is 9.69 Å². The second kappa shape index (κ2) is 13.1. The number of carbonyl (C=O) groups excluding carboxylic acids is 2. The van der Waals surface area contributed by atoms with Gasteiger partial charge in [0.25, 0.3) is 0 Å². The van der Waals surface area contributed by atoms with Gasteiger partial charge in [0, 0.05) is 24.7 Å². The first-order valence-corrected chi connectivity index (χ1v) is 17.6. The van der Waals surface area contributed by atoms with E-state index in [4.69, 9.17) is 18.9 Å². The van der Waals surface area contributed by atoms with Crippen molar-refractivity contribution in [2.75, 3.05) is 36.1 Å². The number of nitrogens with zero attached hydrogens (tertiary/aromatic N) is 6. The summed E-state index contributed by atoms with van der Waals surface area (Å²) in [7, 11) is 0. The van der Waals surface area contributed by atoms with Crippen molar-refractivity contribution in [2.24, 2.45) is 0 Å². The van der Waals surface area contributed by atoms with Crippen LogP contribution in [0.4, 0.5) is 25.0 Å². The highest BCUT2D eigenvalue weighted by Crippen LogP contribution is 2.48. The van der Waals surface area contributed by atoms with Gasteiger partial charge in [0.15, 0.2) is 23.1 Å². The average Bonchev–Trinajstić information content (AvgIpc) is 3.58. The van der Waals surface area contributed by atoms with Gasteiger partial charge in [-0.15, -0.1) is 0 Å². The fraction of sp³-hybridized carbons (Fsp3) is 0.342. The molecule has 0 unspecified atom stereocenters. The Morgan fingerprint density at radius 3 is 2.65 bits per heavy atom. The van der Waals surface area contributed by atoms with Crippen LogP contribution in [0, 0.1) is 11.6 Å². The van der Waals surface area contributed by atoms with E-state index in [0.717, 1.165) is 30.5 Å². The number of rotatable bonds is 10. The zero-order valence-corrected chi connectivity index (χ0v) is 28.8. The summed E-state index contributed by atoms with van der Waals surface area (Å²) in [5.74, 6) is -2.27. The lowest BCUT2D eigenvalue weighted by molar-refractivity contribution is 0.00980. The van der Waals surface area contributed by atoms with Crippen molar-refractivity contribution < 1.29 is 42.4 Å². The molecule has 1 aliphatic carbocycles. The van der Waals surface area contributed by atoms with Gasteiger partial charge in [0.05, 0.1) is 42.3 Å². The average molecular weight is 741 g/mol. The van der Waals surface area contributed by atoms with Crippen molar-refractivity contribution in [3.05, 3.63) is 106 Å². The fourth-order valence-electron chi connectivity index (χ4n) is 7.54. The molecular weight excluding hydrogens is 706 g/mol. The second-order valence-electron chi connectivity index (χ2n) is 14.2. The van der Waals surface area contributed by atoms with Crippen LogP contribution in [0.1, 0.15) is 41.2 Å².